The molecule has 1 aromatic heterocycles. The van der Waals surface area contributed by atoms with Crippen LogP contribution in [-0.4, -0.2) is 21.5 Å². The molecule has 112 valence electrons. The molecule has 1 aromatic rings. The Hall–Kier alpha value is -3.44. The van der Waals surface area contributed by atoms with Gasteiger partial charge in [0.05, 0.1) is 16.8 Å². The Balaban J connectivity index is 3.08. The van der Waals surface area contributed by atoms with Crippen molar-refractivity contribution in [3.05, 3.63) is 41.1 Å². The molecule has 0 saturated carbocycles. The van der Waals surface area contributed by atoms with Crippen LogP contribution in [0.1, 0.15) is 12.5 Å². The number of amidine groups is 1. The zero-order valence-corrected chi connectivity index (χ0v) is 12.8. The Morgan fingerprint density at radius 2 is 2.04 bits per heavy atom. The van der Waals surface area contributed by atoms with E-state index in [4.69, 9.17) is 26.9 Å². The first-order chi connectivity index (χ1) is 11.0. The Kier molecular flexibility index (Phi) is 6.21. The van der Waals surface area contributed by atoms with E-state index in [0.717, 1.165) is 5.56 Å². The summed E-state index contributed by atoms with van der Waals surface area (Å²) in [5.41, 5.74) is 6.41. The van der Waals surface area contributed by atoms with Crippen LogP contribution in [0.25, 0.3) is 5.41 Å². The second-order valence-corrected chi connectivity index (χ2v) is 5.26. The van der Waals surface area contributed by atoms with Crippen molar-refractivity contribution in [1.82, 2.24) is 0 Å². The third-order valence-corrected chi connectivity index (χ3v) is 3.56. The van der Waals surface area contributed by atoms with Gasteiger partial charge in [0.2, 0.25) is 4.75 Å². The van der Waals surface area contributed by atoms with Crippen LogP contribution in [0.15, 0.2) is 40.3 Å². The third-order valence-electron chi connectivity index (χ3n) is 2.57. The van der Waals surface area contributed by atoms with Crippen molar-refractivity contribution in [2.24, 2.45) is 15.9 Å². The minimum Gasteiger partial charge on any atom is -0.762 e. The molecule has 3 N–H and O–H groups in total. The van der Waals surface area contributed by atoms with E-state index in [2.05, 4.69) is 15.2 Å². The van der Waals surface area contributed by atoms with E-state index in [0.29, 0.717) is 17.5 Å². The van der Waals surface area contributed by atoms with Gasteiger partial charge in [-0.05, 0) is 24.8 Å². The highest BCUT2D eigenvalue weighted by atomic mass is 32.2. The van der Waals surface area contributed by atoms with E-state index in [1.54, 1.807) is 43.6 Å². The largest absolute Gasteiger partial charge is 0.762 e. The smallest absolute Gasteiger partial charge is 0.236 e. The average Bonchev–Trinajstić information content (AvgIpc) is 2.60. The summed E-state index contributed by atoms with van der Waals surface area (Å²) in [6.07, 6.45) is 3.45. The van der Waals surface area contributed by atoms with E-state index in [-0.39, 0.29) is 5.17 Å². The van der Waals surface area contributed by atoms with E-state index in [1.807, 2.05) is 0 Å². The predicted octanol–water partition coefficient (Wildman–Crippen LogP) is 0.748. The number of rotatable bonds is 4. The molecule has 0 bridgehead atoms. The quantitative estimate of drug-likeness (QED) is 0.374. The lowest BCUT2D eigenvalue weighted by atomic mass is 10.0. The van der Waals surface area contributed by atoms with E-state index < -0.39 is 10.3 Å². The molecule has 0 unspecified atom stereocenters. The molecule has 1 rings (SSSR count). The molecule has 0 amide bonds. The van der Waals surface area contributed by atoms with Gasteiger partial charge in [-0.3, -0.25) is 5.87 Å². The van der Waals surface area contributed by atoms with Crippen LogP contribution in [0, 0.1) is 34.0 Å². The molecule has 0 aliphatic heterocycles. The zero-order valence-electron chi connectivity index (χ0n) is 12.0. The molecule has 23 heavy (non-hydrogen) atoms. The summed E-state index contributed by atoms with van der Waals surface area (Å²) < 4.78 is -2.04. The average molecular weight is 322 g/mol. The van der Waals surface area contributed by atoms with Crippen molar-refractivity contribution in [2.45, 2.75) is 11.7 Å². The number of H-pyrrole nitrogens is 1. The molecule has 0 aromatic carbocycles. The molecule has 0 spiro atoms. The Labute approximate surface area is 136 Å². The molecule has 0 radical (unpaired) electrons. The number of aromatic nitrogens is 1. The minimum absolute atomic E-state index is 0.213. The van der Waals surface area contributed by atoms with Crippen molar-refractivity contribution >= 4 is 28.5 Å². The van der Waals surface area contributed by atoms with Crippen LogP contribution in [-0.2, 0) is 0 Å². The maximum absolute atomic E-state index is 9.15. The van der Waals surface area contributed by atoms with Gasteiger partial charge >= 0.3 is 0 Å². The summed E-state index contributed by atoms with van der Waals surface area (Å²) >= 11 is 0.495. The first kappa shape index (κ1) is 17.6. The number of nitrogens with one attached hydrogen (secondary N) is 1. The molecular formula is C14H10N8S. The molecule has 8 nitrogen and oxygen atoms in total. The molecule has 0 saturated heterocycles. The molecule has 0 aliphatic carbocycles. The Morgan fingerprint density at radius 3 is 2.52 bits per heavy atom. The zero-order chi connectivity index (χ0) is 17.3. The van der Waals surface area contributed by atoms with Crippen LogP contribution < -0.4 is 10.7 Å². The maximum Gasteiger partial charge on any atom is 0.236 e. The third kappa shape index (κ3) is 4.26. The van der Waals surface area contributed by atoms with Crippen LogP contribution in [0.2, 0.25) is 0 Å². The SMILES string of the molecule is C/C(=N\N=C(\N)SC(C#N)(C#N)C(=C=[N-])C#N)c1ccc[nH+]c1. The summed E-state index contributed by atoms with van der Waals surface area (Å²) in [5, 5.41) is 43.4. The highest BCUT2D eigenvalue weighted by molar-refractivity contribution is 8.15. The maximum atomic E-state index is 9.15. The fourth-order valence-corrected chi connectivity index (χ4v) is 2.07. The number of nitriles is 3. The van der Waals surface area contributed by atoms with Crippen LogP contribution >= 0.6 is 11.8 Å². The highest BCUT2D eigenvalue weighted by Gasteiger charge is 2.37. The standard InChI is InChI=1S/C14H9N8S/c1-10(11-3-2-4-20-7-11)21-22-13(19)23-14(8-17,9-18)12(5-15)6-16/h2-4,7H,1H3,(H2,19,22)/q-1/p+1/b21-10+. The van der Waals surface area contributed by atoms with E-state index in [9.17, 15) is 0 Å². The highest BCUT2D eigenvalue weighted by Crippen LogP contribution is 2.30. The normalized spacial score (nSPS) is 11.6. The van der Waals surface area contributed by atoms with E-state index >= 15 is 0 Å². The van der Waals surface area contributed by atoms with Gasteiger partial charge in [0.25, 0.3) is 0 Å². The lowest BCUT2D eigenvalue weighted by Crippen LogP contribution is -2.27. The number of thioether (sulfide) groups is 1. The molecule has 0 fully saturated rings. The van der Waals surface area contributed by atoms with Gasteiger partial charge in [-0.25, -0.2) is 4.98 Å². The number of hydrogen-bond acceptors (Lipinski definition) is 6. The van der Waals surface area contributed by atoms with Gasteiger partial charge in [0, 0.05) is 6.07 Å². The number of pyridine rings is 1. The second kappa shape index (κ2) is 8.11. The van der Waals surface area contributed by atoms with E-state index in [1.165, 1.54) is 11.9 Å². The number of nitrogens with two attached hydrogens (primary N) is 1. The first-order valence-electron chi connectivity index (χ1n) is 6.06. The Morgan fingerprint density at radius 1 is 1.35 bits per heavy atom. The lowest BCUT2D eigenvalue weighted by molar-refractivity contribution is -0.378. The molecular weight excluding hydrogens is 312 g/mol. The molecule has 9 heteroatoms. The predicted molar refractivity (Wildman–Crippen MR) is 85.9 cm³/mol. The summed E-state index contributed by atoms with van der Waals surface area (Å²) in [6.45, 7) is 1.70. The van der Waals surface area contributed by atoms with Gasteiger partial charge in [0.15, 0.2) is 17.6 Å². The van der Waals surface area contributed by atoms with Gasteiger partial charge in [0.1, 0.15) is 18.2 Å². The minimum atomic E-state index is -2.04. The number of hydrogen-bond donors (Lipinski definition) is 1. The van der Waals surface area contributed by atoms with Crippen molar-refractivity contribution < 1.29 is 4.98 Å². The summed E-state index contributed by atoms with van der Waals surface area (Å²) in [7, 11) is 0. The number of nitrogens with zero attached hydrogens (tertiary/aromatic N) is 6. The Bertz CT molecular complexity index is 799. The van der Waals surface area contributed by atoms with Gasteiger partial charge in [-0.1, -0.05) is 0 Å². The molecule has 1 heterocycles. The fourth-order valence-electron chi connectivity index (χ4n) is 1.39. The summed E-state index contributed by atoms with van der Waals surface area (Å²) in [5.74, 6) is 1.53. The molecule has 0 aliphatic rings. The van der Waals surface area contributed by atoms with Gasteiger partial charge in [-0.2, -0.15) is 20.9 Å². The fraction of sp³-hybridized carbons (Fsp3) is 0.143. The van der Waals surface area contributed by atoms with Crippen molar-refractivity contribution in [3.8, 4) is 18.2 Å². The van der Waals surface area contributed by atoms with Crippen LogP contribution in [0.3, 0.4) is 0 Å². The van der Waals surface area contributed by atoms with Crippen molar-refractivity contribution in [2.75, 3.05) is 0 Å². The van der Waals surface area contributed by atoms with Crippen LogP contribution in [0.5, 0.6) is 0 Å². The van der Waals surface area contributed by atoms with Gasteiger partial charge < -0.3 is 11.1 Å². The monoisotopic (exact) mass is 322 g/mol. The second-order valence-electron chi connectivity index (χ2n) is 4.02. The topological polar surface area (TPSA) is 159 Å². The van der Waals surface area contributed by atoms with Crippen LogP contribution in [0.4, 0.5) is 0 Å². The first-order valence-corrected chi connectivity index (χ1v) is 6.88. The van der Waals surface area contributed by atoms with Crippen molar-refractivity contribution in [3.63, 3.8) is 0 Å². The summed E-state index contributed by atoms with van der Waals surface area (Å²) in [6, 6.07) is 8.37. The van der Waals surface area contributed by atoms with Gasteiger partial charge in [-0.15, -0.1) is 5.10 Å². The van der Waals surface area contributed by atoms with Crippen molar-refractivity contribution in [1.29, 1.82) is 15.8 Å². The molecule has 0 atom stereocenters. The number of aromatic amines is 1. The summed E-state index contributed by atoms with van der Waals surface area (Å²) in [4.78, 5) is 2.89. The lowest BCUT2D eigenvalue weighted by Gasteiger charge is -2.14.